The first-order chi connectivity index (χ1) is 25.2. The number of fused-ring (bicyclic) bond motifs is 2. The zero-order chi connectivity index (χ0) is 36.2. The molecule has 11 nitrogen and oxygen atoms in total. The second-order valence-corrected chi connectivity index (χ2v) is 15.2. The molecule has 52 heavy (non-hydrogen) atoms. The fourth-order valence-corrected chi connectivity index (χ4v) is 7.48. The predicted molar refractivity (Wildman–Crippen MR) is 205 cm³/mol. The van der Waals surface area contributed by atoms with E-state index >= 15 is 0 Å². The van der Waals surface area contributed by atoms with Gasteiger partial charge in [0.05, 0.1) is 0 Å². The van der Waals surface area contributed by atoms with Gasteiger partial charge in [-0.05, 0) is 86.5 Å². The van der Waals surface area contributed by atoms with Crippen molar-refractivity contribution < 1.29 is 9.59 Å². The number of amides is 2. The molecule has 2 aromatic carbocycles. The number of rotatable bonds is 12. The van der Waals surface area contributed by atoms with Crippen molar-refractivity contribution in [1.82, 2.24) is 45.1 Å². The van der Waals surface area contributed by atoms with Crippen LogP contribution in [0.4, 0.5) is 0 Å². The molecule has 4 aromatic heterocycles. The van der Waals surface area contributed by atoms with Gasteiger partial charge in [0.1, 0.15) is 10.3 Å². The van der Waals surface area contributed by atoms with Gasteiger partial charge < -0.3 is 24.7 Å². The Balaban J connectivity index is 0.000000164. The quantitative estimate of drug-likeness (QED) is 0.101. The minimum Gasteiger partial charge on any atom is -0.361 e. The molecule has 0 radical (unpaired) electrons. The van der Waals surface area contributed by atoms with Gasteiger partial charge in [0.2, 0.25) is 0 Å². The van der Waals surface area contributed by atoms with Crippen LogP contribution in [0.25, 0.3) is 21.8 Å². The lowest BCUT2D eigenvalue weighted by Crippen LogP contribution is -2.37. The largest absolute Gasteiger partial charge is 0.361 e. The number of nitrogens with one attached hydrogen (secondary N) is 4. The SMILES string of the molecule is CN(C)Cc1c[nH]c2cccc(CN(CC3CCC3)C(=O)c3cc(Cl)[nH]n3)c12.O=C(c1cc(Cl)[nH]n1)N(Cc1cccc2[nH]ccc12)CC1CCC1. The number of carbonyl (C=O) groups is 2. The average Bonchev–Trinajstić information content (AvgIpc) is 3.91. The number of aromatic nitrogens is 6. The van der Waals surface area contributed by atoms with Crippen LogP contribution in [-0.2, 0) is 19.6 Å². The summed E-state index contributed by atoms with van der Waals surface area (Å²) >= 11 is 11.8. The lowest BCUT2D eigenvalue weighted by atomic mass is 9.85. The maximum absolute atomic E-state index is 13.1. The van der Waals surface area contributed by atoms with Gasteiger partial charge in [-0.25, -0.2) is 0 Å². The molecule has 2 aliphatic rings. The summed E-state index contributed by atoms with van der Waals surface area (Å²) in [4.78, 5) is 38.6. The van der Waals surface area contributed by atoms with E-state index in [1.807, 2.05) is 34.2 Å². The zero-order valence-electron chi connectivity index (χ0n) is 29.6. The molecule has 4 heterocycles. The average molecular weight is 743 g/mol. The van der Waals surface area contributed by atoms with Crippen LogP contribution in [0.5, 0.6) is 0 Å². The van der Waals surface area contributed by atoms with E-state index in [2.05, 4.69) is 79.8 Å². The molecule has 2 amide bonds. The molecule has 13 heteroatoms. The lowest BCUT2D eigenvalue weighted by molar-refractivity contribution is 0.0668. The van der Waals surface area contributed by atoms with Gasteiger partial charge in [0.15, 0.2) is 11.4 Å². The summed E-state index contributed by atoms with van der Waals surface area (Å²) < 4.78 is 0. The maximum Gasteiger partial charge on any atom is 0.274 e. The Morgan fingerprint density at radius 2 is 1.27 bits per heavy atom. The molecule has 4 N–H and O–H groups in total. The molecule has 2 aliphatic carbocycles. The third-order valence-corrected chi connectivity index (χ3v) is 10.7. The second-order valence-electron chi connectivity index (χ2n) is 14.4. The van der Waals surface area contributed by atoms with Gasteiger partial charge in [-0.3, -0.25) is 19.8 Å². The number of benzene rings is 2. The number of nitrogens with zero attached hydrogens (tertiary/aromatic N) is 5. The van der Waals surface area contributed by atoms with E-state index in [9.17, 15) is 9.59 Å². The van der Waals surface area contributed by atoms with E-state index in [1.165, 1.54) is 49.5 Å². The van der Waals surface area contributed by atoms with Gasteiger partial charge in [-0.2, -0.15) is 10.2 Å². The van der Waals surface area contributed by atoms with Crippen molar-refractivity contribution >= 4 is 56.8 Å². The van der Waals surface area contributed by atoms with Crippen molar-refractivity contribution in [2.24, 2.45) is 11.8 Å². The minimum atomic E-state index is -0.0725. The number of aromatic amines is 4. The molecule has 0 saturated heterocycles. The lowest BCUT2D eigenvalue weighted by Gasteiger charge is -2.32. The minimum absolute atomic E-state index is 0.0717. The van der Waals surface area contributed by atoms with Crippen LogP contribution in [0, 0.1) is 11.8 Å². The highest BCUT2D eigenvalue weighted by Crippen LogP contribution is 2.31. The van der Waals surface area contributed by atoms with Crippen LogP contribution in [0.3, 0.4) is 0 Å². The number of H-pyrrole nitrogens is 4. The smallest absolute Gasteiger partial charge is 0.274 e. The Morgan fingerprint density at radius 1 is 0.712 bits per heavy atom. The second kappa shape index (κ2) is 16.0. The van der Waals surface area contributed by atoms with Crippen LogP contribution >= 0.6 is 23.2 Å². The molecular formula is C39H45Cl2N9O2. The highest BCUT2D eigenvalue weighted by atomic mass is 35.5. The molecule has 8 rings (SSSR count). The Bertz CT molecular complexity index is 2140. The number of hydrogen-bond donors (Lipinski definition) is 4. The summed E-state index contributed by atoms with van der Waals surface area (Å²) in [7, 11) is 4.13. The van der Waals surface area contributed by atoms with Crippen LogP contribution in [0.2, 0.25) is 10.3 Å². The van der Waals surface area contributed by atoms with E-state index < -0.39 is 0 Å². The third-order valence-electron chi connectivity index (χ3n) is 10.3. The zero-order valence-corrected chi connectivity index (χ0v) is 31.1. The van der Waals surface area contributed by atoms with Crippen molar-refractivity contribution in [1.29, 1.82) is 0 Å². The van der Waals surface area contributed by atoms with Crippen LogP contribution in [0.15, 0.2) is 67.0 Å². The molecule has 2 saturated carbocycles. The summed E-state index contributed by atoms with van der Waals surface area (Å²) in [5.41, 5.74) is 6.49. The van der Waals surface area contributed by atoms with Crippen molar-refractivity contribution in [3.63, 3.8) is 0 Å². The first-order valence-corrected chi connectivity index (χ1v) is 18.8. The van der Waals surface area contributed by atoms with Crippen LogP contribution in [-0.4, -0.2) is 84.1 Å². The Hall–Kier alpha value is -4.58. The van der Waals surface area contributed by atoms with Crippen molar-refractivity contribution in [3.8, 4) is 0 Å². The van der Waals surface area contributed by atoms with Gasteiger partial charge >= 0.3 is 0 Å². The first kappa shape index (κ1) is 35.8. The number of carbonyl (C=O) groups excluding carboxylic acids is 2. The van der Waals surface area contributed by atoms with Crippen LogP contribution in [0.1, 0.15) is 76.2 Å². The first-order valence-electron chi connectivity index (χ1n) is 18.0. The summed E-state index contributed by atoms with van der Waals surface area (Å²) in [5.74, 6) is 1.02. The van der Waals surface area contributed by atoms with E-state index in [-0.39, 0.29) is 11.8 Å². The van der Waals surface area contributed by atoms with E-state index in [0.29, 0.717) is 46.6 Å². The fraction of sp³-hybridized carbons (Fsp3) is 0.385. The molecule has 6 aromatic rings. The normalized spacial score (nSPS) is 14.6. The van der Waals surface area contributed by atoms with E-state index in [1.54, 1.807) is 12.1 Å². The van der Waals surface area contributed by atoms with Gasteiger partial charge in [0, 0.05) is 79.1 Å². The topological polar surface area (TPSA) is 133 Å². The highest BCUT2D eigenvalue weighted by molar-refractivity contribution is 6.30. The maximum atomic E-state index is 13.1. The Kier molecular flexibility index (Phi) is 11.0. The number of halogens is 2. The highest BCUT2D eigenvalue weighted by Gasteiger charge is 2.28. The molecule has 2 fully saturated rings. The summed E-state index contributed by atoms with van der Waals surface area (Å²) in [5, 5.41) is 16.5. The Morgan fingerprint density at radius 3 is 1.79 bits per heavy atom. The molecule has 0 spiro atoms. The Labute approximate surface area is 313 Å². The molecule has 0 unspecified atom stereocenters. The van der Waals surface area contributed by atoms with E-state index in [0.717, 1.165) is 47.2 Å². The fourth-order valence-electron chi connectivity index (χ4n) is 7.19. The van der Waals surface area contributed by atoms with Gasteiger partial charge in [0.25, 0.3) is 11.8 Å². The standard InChI is InChI=1S/C21H26ClN5O.C18H19ClN4O/c1-26(2)12-16-10-23-17-8-4-7-15(20(16)17)13-27(11-14-5-3-6-14)21(28)18-9-19(22)25-24-18;19-17-9-16(21-22-17)18(24)23(10-12-3-1-4-12)11-13-5-2-6-15-14(13)7-8-20-15/h4,7-10,14,23H,3,5-6,11-13H2,1-2H3,(H,24,25);2,5-9,12,20H,1,3-4,10-11H2,(H,21,22). The molecular weight excluding hydrogens is 697 g/mol. The monoisotopic (exact) mass is 741 g/mol. The van der Waals surface area contributed by atoms with Gasteiger partial charge in [-0.1, -0.05) is 60.3 Å². The molecule has 272 valence electrons. The van der Waals surface area contributed by atoms with Gasteiger partial charge in [-0.15, -0.1) is 0 Å². The summed E-state index contributed by atoms with van der Waals surface area (Å²) in [6.07, 6.45) is 11.3. The third kappa shape index (κ3) is 8.22. The van der Waals surface area contributed by atoms with E-state index in [4.69, 9.17) is 23.2 Å². The molecule has 0 aliphatic heterocycles. The van der Waals surface area contributed by atoms with Crippen molar-refractivity contribution in [3.05, 3.63) is 105 Å². The van der Waals surface area contributed by atoms with Crippen molar-refractivity contribution in [2.75, 3.05) is 27.2 Å². The van der Waals surface area contributed by atoms with Crippen molar-refractivity contribution in [2.45, 2.75) is 58.2 Å². The summed E-state index contributed by atoms with van der Waals surface area (Å²) in [6.45, 7) is 3.52. The summed E-state index contributed by atoms with van der Waals surface area (Å²) in [6, 6.07) is 17.6. The predicted octanol–water partition coefficient (Wildman–Crippen LogP) is 8.04. The van der Waals surface area contributed by atoms with Crippen LogP contribution < -0.4 is 0 Å². The number of hydrogen-bond acceptors (Lipinski definition) is 5. The molecule has 0 bridgehead atoms. The molecule has 0 atom stereocenters.